The quantitative estimate of drug-likeness (QED) is 0.460. The van der Waals surface area contributed by atoms with Gasteiger partial charge in [0.05, 0.1) is 5.57 Å². The Balaban J connectivity index is 2.95. The van der Waals surface area contributed by atoms with Gasteiger partial charge >= 0.3 is 5.97 Å². The van der Waals surface area contributed by atoms with Crippen molar-refractivity contribution in [3.8, 4) is 0 Å². The van der Waals surface area contributed by atoms with Gasteiger partial charge in [-0.3, -0.25) is 0 Å². The van der Waals surface area contributed by atoms with Crippen molar-refractivity contribution in [1.29, 1.82) is 0 Å². The third-order valence-electron chi connectivity index (χ3n) is 2.83. The summed E-state index contributed by atoms with van der Waals surface area (Å²) in [5.41, 5.74) is 5.30. The summed E-state index contributed by atoms with van der Waals surface area (Å²) in [5, 5.41) is 9.16. The fourth-order valence-electron chi connectivity index (χ4n) is 1.76. The van der Waals surface area contributed by atoms with E-state index in [0.717, 1.165) is 30.4 Å². The monoisotopic (exact) mass is 244 g/mol. The highest BCUT2D eigenvalue weighted by atomic mass is 16.4. The van der Waals surface area contributed by atoms with Crippen LogP contribution in [-0.4, -0.2) is 11.1 Å². The molecule has 2 heteroatoms. The Morgan fingerprint density at radius 3 is 2.44 bits per heavy atom. The second kappa shape index (κ2) is 7.52. The van der Waals surface area contributed by atoms with Gasteiger partial charge in [0.1, 0.15) is 0 Å². The van der Waals surface area contributed by atoms with Crippen LogP contribution in [-0.2, 0) is 4.79 Å². The lowest BCUT2D eigenvalue weighted by atomic mass is 10.0. The van der Waals surface area contributed by atoms with Crippen molar-refractivity contribution in [2.75, 3.05) is 0 Å². The molecular weight excluding hydrogens is 224 g/mol. The number of carboxylic acids is 1. The summed E-state index contributed by atoms with van der Waals surface area (Å²) < 4.78 is 0. The van der Waals surface area contributed by atoms with Crippen LogP contribution in [0.4, 0.5) is 0 Å². The molecular formula is C16H20O2. The van der Waals surface area contributed by atoms with Crippen molar-refractivity contribution >= 4 is 11.5 Å². The highest BCUT2D eigenvalue weighted by Crippen LogP contribution is 2.15. The topological polar surface area (TPSA) is 37.3 Å². The van der Waals surface area contributed by atoms with E-state index in [2.05, 4.69) is 12.7 Å². The summed E-state index contributed by atoms with van der Waals surface area (Å²) in [6.45, 7) is 4.01. The zero-order valence-corrected chi connectivity index (χ0v) is 11.1. The number of rotatable bonds is 6. The molecule has 1 aromatic rings. The predicted octanol–water partition coefficient (Wildman–Crippen LogP) is 4.28. The van der Waals surface area contributed by atoms with Gasteiger partial charge in [0.2, 0.25) is 0 Å². The van der Waals surface area contributed by atoms with Gasteiger partial charge in [0.25, 0.3) is 0 Å². The molecule has 96 valence electrons. The molecule has 0 aromatic heterocycles. The van der Waals surface area contributed by atoms with Crippen LogP contribution in [0.3, 0.4) is 0 Å². The molecule has 0 saturated carbocycles. The van der Waals surface area contributed by atoms with E-state index in [4.69, 9.17) is 5.11 Å². The molecule has 1 N–H and O–H groups in total. The van der Waals surface area contributed by atoms with Crippen molar-refractivity contribution in [1.82, 2.24) is 0 Å². The first-order chi connectivity index (χ1) is 8.65. The number of aliphatic carboxylic acids is 1. The van der Waals surface area contributed by atoms with E-state index in [1.54, 1.807) is 0 Å². The van der Waals surface area contributed by atoms with Gasteiger partial charge in [-0.1, -0.05) is 50.1 Å². The lowest BCUT2D eigenvalue weighted by molar-refractivity contribution is -0.132. The zero-order valence-electron chi connectivity index (χ0n) is 11.1. The van der Waals surface area contributed by atoms with Crippen LogP contribution in [0.2, 0.25) is 0 Å². The number of unbranched alkanes of at least 4 members (excludes halogenated alkanes) is 2. The standard InChI is InChI=1S/C16H20O2/c1-3-4-6-11-15(16(17)18)12-13(2)14-9-7-5-8-10-14/h5,7-10H,3-4,6,11H2,1-2H3,(H,17,18). The SMILES string of the molecule is CCCCCC(=C=C(C)c1ccccc1)C(=O)O. The number of benzene rings is 1. The van der Waals surface area contributed by atoms with Crippen molar-refractivity contribution in [2.45, 2.75) is 39.5 Å². The average Bonchev–Trinajstić information content (AvgIpc) is 2.38. The van der Waals surface area contributed by atoms with Crippen LogP contribution >= 0.6 is 0 Å². The summed E-state index contributed by atoms with van der Waals surface area (Å²) in [7, 11) is 0. The normalized spacial score (nSPS) is 9.67. The fraction of sp³-hybridized carbons (Fsp3) is 0.375. The lowest BCUT2D eigenvalue weighted by Gasteiger charge is -2.01. The van der Waals surface area contributed by atoms with E-state index in [1.165, 1.54) is 0 Å². The second-order valence-corrected chi connectivity index (χ2v) is 4.36. The minimum absolute atomic E-state index is 0.379. The largest absolute Gasteiger partial charge is 0.477 e. The minimum Gasteiger partial charge on any atom is -0.477 e. The van der Waals surface area contributed by atoms with Gasteiger partial charge in [-0.05, 0) is 30.9 Å². The summed E-state index contributed by atoms with van der Waals surface area (Å²) >= 11 is 0. The Hall–Kier alpha value is -1.79. The van der Waals surface area contributed by atoms with E-state index >= 15 is 0 Å². The molecule has 2 nitrogen and oxygen atoms in total. The highest BCUT2D eigenvalue weighted by Gasteiger charge is 2.06. The Morgan fingerprint density at radius 1 is 1.22 bits per heavy atom. The van der Waals surface area contributed by atoms with E-state index in [-0.39, 0.29) is 0 Å². The molecule has 0 fully saturated rings. The van der Waals surface area contributed by atoms with Crippen LogP contribution in [0.5, 0.6) is 0 Å². The van der Waals surface area contributed by atoms with E-state index in [1.807, 2.05) is 37.3 Å². The molecule has 0 radical (unpaired) electrons. The van der Waals surface area contributed by atoms with Crippen LogP contribution in [0.25, 0.3) is 5.57 Å². The number of hydrogen-bond acceptors (Lipinski definition) is 1. The molecule has 0 aliphatic heterocycles. The third kappa shape index (κ3) is 4.60. The second-order valence-electron chi connectivity index (χ2n) is 4.36. The van der Waals surface area contributed by atoms with Gasteiger partial charge in [0.15, 0.2) is 0 Å². The molecule has 0 unspecified atom stereocenters. The van der Waals surface area contributed by atoms with E-state index < -0.39 is 5.97 Å². The van der Waals surface area contributed by atoms with Crippen molar-refractivity contribution in [2.24, 2.45) is 0 Å². The lowest BCUT2D eigenvalue weighted by Crippen LogP contribution is -1.99. The van der Waals surface area contributed by atoms with Crippen LogP contribution in [0.1, 0.15) is 45.1 Å². The maximum Gasteiger partial charge on any atom is 0.339 e. The van der Waals surface area contributed by atoms with Crippen LogP contribution in [0.15, 0.2) is 41.6 Å². The molecule has 0 atom stereocenters. The first-order valence-electron chi connectivity index (χ1n) is 6.40. The summed E-state index contributed by atoms with van der Waals surface area (Å²) in [6, 6.07) is 9.76. The number of hydrogen-bond donors (Lipinski definition) is 1. The summed E-state index contributed by atoms with van der Waals surface area (Å²) in [5.74, 6) is -0.860. The Bertz CT molecular complexity index is 451. The molecule has 0 saturated heterocycles. The van der Waals surface area contributed by atoms with Gasteiger partial charge in [-0.2, -0.15) is 0 Å². The van der Waals surface area contributed by atoms with Crippen molar-refractivity contribution in [3.05, 3.63) is 47.2 Å². The van der Waals surface area contributed by atoms with Crippen LogP contribution < -0.4 is 0 Å². The Labute approximate surface area is 109 Å². The third-order valence-corrected chi connectivity index (χ3v) is 2.83. The molecule has 0 amide bonds. The van der Waals surface area contributed by atoms with Gasteiger partial charge in [-0.25, -0.2) is 4.79 Å². The average molecular weight is 244 g/mol. The summed E-state index contributed by atoms with van der Waals surface area (Å²) in [6.07, 6.45) is 3.65. The number of carboxylic acid groups (broad SMARTS) is 1. The van der Waals surface area contributed by atoms with Gasteiger partial charge in [0, 0.05) is 0 Å². The Kier molecular flexibility index (Phi) is 5.96. The fourth-order valence-corrected chi connectivity index (χ4v) is 1.76. The first-order valence-corrected chi connectivity index (χ1v) is 6.40. The molecule has 0 aliphatic rings. The maximum atomic E-state index is 11.1. The molecule has 18 heavy (non-hydrogen) atoms. The highest BCUT2D eigenvalue weighted by molar-refractivity contribution is 5.87. The van der Waals surface area contributed by atoms with Gasteiger partial charge < -0.3 is 5.11 Å². The molecule has 0 bridgehead atoms. The van der Waals surface area contributed by atoms with Crippen molar-refractivity contribution in [3.63, 3.8) is 0 Å². The molecule has 1 aromatic carbocycles. The van der Waals surface area contributed by atoms with Gasteiger partial charge in [-0.15, -0.1) is 5.73 Å². The number of carbonyl (C=O) groups is 1. The zero-order chi connectivity index (χ0) is 13.4. The molecule has 0 heterocycles. The Morgan fingerprint density at radius 2 is 1.89 bits per heavy atom. The van der Waals surface area contributed by atoms with E-state index in [0.29, 0.717) is 12.0 Å². The van der Waals surface area contributed by atoms with E-state index in [9.17, 15) is 4.79 Å². The molecule has 0 spiro atoms. The molecule has 0 aliphatic carbocycles. The smallest absolute Gasteiger partial charge is 0.339 e. The van der Waals surface area contributed by atoms with Crippen LogP contribution in [0, 0.1) is 0 Å². The maximum absolute atomic E-state index is 11.1. The minimum atomic E-state index is -0.860. The summed E-state index contributed by atoms with van der Waals surface area (Å²) in [4.78, 5) is 11.1. The first kappa shape index (κ1) is 14.3. The van der Waals surface area contributed by atoms with Crippen molar-refractivity contribution < 1.29 is 9.90 Å². The molecule has 1 rings (SSSR count). The predicted molar refractivity (Wildman–Crippen MR) is 74.3 cm³/mol.